The highest BCUT2D eigenvalue weighted by atomic mass is 79.9. The molecule has 18 heavy (non-hydrogen) atoms. The summed E-state index contributed by atoms with van der Waals surface area (Å²) in [7, 11) is 0. The highest BCUT2D eigenvalue weighted by molar-refractivity contribution is 9.10. The summed E-state index contributed by atoms with van der Waals surface area (Å²) in [6.45, 7) is 0. The third kappa shape index (κ3) is 1.52. The van der Waals surface area contributed by atoms with Crippen LogP contribution in [-0.2, 0) is 6.42 Å². The van der Waals surface area contributed by atoms with Gasteiger partial charge in [-0.3, -0.25) is 0 Å². The third-order valence-corrected chi connectivity index (χ3v) is 5.31. The van der Waals surface area contributed by atoms with Gasteiger partial charge in [-0.2, -0.15) is 0 Å². The summed E-state index contributed by atoms with van der Waals surface area (Å²) in [6, 6.07) is 15.5. The van der Waals surface area contributed by atoms with Crippen LogP contribution in [0.5, 0.6) is 0 Å². The molecule has 0 bridgehead atoms. The van der Waals surface area contributed by atoms with Crippen LogP contribution in [-0.4, -0.2) is 5.75 Å². The van der Waals surface area contributed by atoms with E-state index >= 15 is 0 Å². The van der Waals surface area contributed by atoms with Gasteiger partial charge in [-0.05, 0) is 52.5 Å². The van der Waals surface area contributed by atoms with E-state index in [4.69, 9.17) is 0 Å². The van der Waals surface area contributed by atoms with E-state index in [-0.39, 0.29) is 0 Å². The van der Waals surface area contributed by atoms with E-state index in [9.17, 15) is 0 Å². The van der Waals surface area contributed by atoms with Crippen LogP contribution >= 0.6 is 27.7 Å². The molecule has 2 heteroatoms. The van der Waals surface area contributed by atoms with Gasteiger partial charge in [0.2, 0.25) is 0 Å². The Labute approximate surface area is 119 Å². The molecule has 4 rings (SSSR count). The van der Waals surface area contributed by atoms with Crippen molar-refractivity contribution in [1.82, 2.24) is 0 Å². The van der Waals surface area contributed by atoms with Crippen molar-refractivity contribution in [3.05, 3.63) is 63.6 Å². The van der Waals surface area contributed by atoms with Crippen molar-refractivity contribution in [2.75, 3.05) is 5.75 Å². The molecule has 0 saturated heterocycles. The molecule has 0 N–H and O–H groups in total. The number of hydrogen-bond acceptors (Lipinski definition) is 1. The minimum Gasteiger partial charge on any atom is -0.121 e. The molecule has 88 valence electrons. The molecular formula is C16H11BrS. The van der Waals surface area contributed by atoms with Crippen LogP contribution in [0.1, 0.15) is 16.7 Å². The standard InChI is InChI=1S/C16H11BrS/c17-11-6-5-10-7-14-12-3-1-2-4-16(12)18-9-15(14)13(10)8-11/h1-6,8H,7,9H2. The zero-order chi connectivity index (χ0) is 12.1. The zero-order valence-corrected chi connectivity index (χ0v) is 12.1. The minimum atomic E-state index is 1.09. The average Bonchev–Trinajstić information content (AvgIpc) is 2.77. The van der Waals surface area contributed by atoms with E-state index in [1.807, 2.05) is 11.8 Å². The van der Waals surface area contributed by atoms with Crippen LogP contribution in [0.4, 0.5) is 0 Å². The average molecular weight is 315 g/mol. The van der Waals surface area contributed by atoms with Gasteiger partial charge < -0.3 is 0 Å². The Morgan fingerprint density at radius 2 is 1.83 bits per heavy atom. The molecule has 2 aliphatic rings. The molecule has 2 aromatic carbocycles. The fourth-order valence-corrected chi connectivity index (χ4v) is 4.37. The second kappa shape index (κ2) is 4.01. The Hall–Kier alpha value is -0.990. The molecule has 0 nitrogen and oxygen atoms in total. The quantitative estimate of drug-likeness (QED) is 0.657. The van der Waals surface area contributed by atoms with Crippen molar-refractivity contribution in [3.8, 4) is 0 Å². The van der Waals surface area contributed by atoms with Gasteiger partial charge in [-0.15, -0.1) is 11.8 Å². The van der Waals surface area contributed by atoms with Crippen LogP contribution in [0, 0.1) is 0 Å². The number of thioether (sulfide) groups is 1. The largest absolute Gasteiger partial charge is 0.121 e. The van der Waals surface area contributed by atoms with Crippen LogP contribution in [0.3, 0.4) is 0 Å². The Kier molecular flexibility index (Phi) is 2.42. The van der Waals surface area contributed by atoms with E-state index in [1.165, 1.54) is 37.2 Å². The molecule has 1 aliphatic carbocycles. The lowest BCUT2D eigenvalue weighted by molar-refractivity contribution is 1.28. The maximum Gasteiger partial charge on any atom is 0.0241 e. The first-order valence-electron chi connectivity index (χ1n) is 6.06. The van der Waals surface area contributed by atoms with Crippen molar-refractivity contribution in [1.29, 1.82) is 0 Å². The molecule has 0 spiro atoms. The summed E-state index contributed by atoms with van der Waals surface area (Å²) < 4.78 is 1.18. The molecule has 0 radical (unpaired) electrons. The van der Waals surface area contributed by atoms with E-state index in [0.717, 1.165) is 12.2 Å². The maximum atomic E-state index is 3.58. The van der Waals surface area contributed by atoms with Crippen molar-refractivity contribution in [3.63, 3.8) is 0 Å². The molecule has 0 atom stereocenters. The highest BCUT2D eigenvalue weighted by Crippen LogP contribution is 2.47. The Bertz CT molecular complexity index is 685. The summed E-state index contributed by atoms with van der Waals surface area (Å²) in [5.74, 6) is 1.11. The lowest BCUT2D eigenvalue weighted by Gasteiger charge is -2.18. The minimum absolute atomic E-state index is 1.09. The molecule has 1 aliphatic heterocycles. The van der Waals surface area contributed by atoms with Gasteiger partial charge in [0.25, 0.3) is 0 Å². The SMILES string of the molecule is Brc1ccc2c(c1)C1=C(C2)c2ccccc2SC1. The molecule has 0 amide bonds. The zero-order valence-electron chi connectivity index (χ0n) is 9.74. The van der Waals surface area contributed by atoms with Crippen LogP contribution < -0.4 is 0 Å². The number of hydrogen-bond donors (Lipinski definition) is 0. The topological polar surface area (TPSA) is 0 Å². The fourth-order valence-electron chi connectivity index (χ4n) is 2.86. The predicted molar refractivity (Wildman–Crippen MR) is 81.8 cm³/mol. The monoisotopic (exact) mass is 314 g/mol. The fraction of sp³-hybridized carbons (Fsp3) is 0.125. The van der Waals surface area contributed by atoms with Gasteiger partial charge in [0, 0.05) is 15.1 Å². The molecular weight excluding hydrogens is 304 g/mol. The smallest absolute Gasteiger partial charge is 0.0241 e. The summed E-state index contributed by atoms with van der Waals surface area (Å²) in [5.41, 5.74) is 7.44. The number of halogens is 1. The van der Waals surface area contributed by atoms with Crippen molar-refractivity contribution >= 4 is 38.8 Å². The van der Waals surface area contributed by atoms with E-state index < -0.39 is 0 Å². The summed E-state index contributed by atoms with van der Waals surface area (Å²) in [5, 5.41) is 0. The first kappa shape index (κ1) is 10.9. The first-order valence-corrected chi connectivity index (χ1v) is 7.84. The van der Waals surface area contributed by atoms with E-state index in [1.54, 1.807) is 0 Å². The molecule has 0 aromatic heterocycles. The Morgan fingerprint density at radius 3 is 2.78 bits per heavy atom. The van der Waals surface area contributed by atoms with Gasteiger partial charge in [0.15, 0.2) is 0 Å². The summed E-state index contributed by atoms with van der Waals surface area (Å²) in [4.78, 5) is 1.43. The predicted octanol–water partition coefficient (Wildman–Crippen LogP) is 5.02. The molecule has 0 saturated carbocycles. The van der Waals surface area contributed by atoms with E-state index in [2.05, 4.69) is 58.4 Å². The lowest BCUT2D eigenvalue weighted by atomic mass is 10.0. The van der Waals surface area contributed by atoms with Gasteiger partial charge >= 0.3 is 0 Å². The van der Waals surface area contributed by atoms with Crippen LogP contribution in [0.25, 0.3) is 11.1 Å². The Balaban J connectivity index is 1.94. The first-order chi connectivity index (χ1) is 8.83. The summed E-state index contributed by atoms with van der Waals surface area (Å²) in [6.07, 6.45) is 1.09. The molecule has 2 aromatic rings. The lowest BCUT2D eigenvalue weighted by Crippen LogP contribution is -1.97. The van der Waals surface area contributed by atoms with Crippen LogP contribution in [0.2, 0.25) is 0 Å². The van der Waals surface area contributed by atoms with Gasteiger partial charge in [0.1, 0.15) is 0 Å². The Morgan fingerprint density at radius 1 is 0.944 bits per heavy atom. The maximum absolute atomic E-state index is 3.58. The number of rotatable bonds is 0. The van der Waals surface area contributed by atoms with E-state index in [0.29, 0.717) is 0 Å². The van der Waals surface area contributed by atoms with Gasteiger partial charge in [-0.25, -0.2) is 0 Å². The van der Waals surface area contributed by atoms with Crippen molar-refractivity contribution < 1.29 is 0 Å². The number of fused-ring (bicyclic) bond motifs is 4. The van der Waals surface area contributed by atoms with Crippen molar-refractivity contribution in [2.45, 2.75) is 11.3 Å². The second-order valence-corrected chi connectivity index (χ2v) is 6.65. The molecule has 1 heterocycles. The number of benzene rings is 2. The van der Waals surface area contributed by atoms with Crippen molar-refractivity contribution in [2.24, 2.45) is 0 Å². The van der Waals surface area contributed by atoms with Gasteiger partial charge in [-0.1, -0.05) is 40.2 Å². The second-order valence-electron chi connectivity index (χ2n) is 4.72. The molecule has 0 fully saturated rings. The van der Waals surface area contributed by atoms with Gasteiger partial charge in [0.05, 0.1) is 0 Å². The third-order valence-electron chi connectivity index (χ3n) is 3.71. The normalized spacial score (nSPS) is 16.3. The number of allylic oxidation sites excluding steroid dienone is 1. The molecule has 0 unspecified atom stereocenters. The highest BCUT2D eigenvalue weighted by Gasteiger charge is 2.27. The van der Waals surface area contributed by atoms with Crippen LogP contribution in [0.15, 0.2) is 51.8 Å². The summed E-state index contributed by atoms with van der Waals surface area (Å²) >= 11 is 5.55.